The molecule has 0 spiro atoms. The molecule has 0 bridgehead atoms. The summed E-state index contributed by atoms with van der Waals surface area (Å²) in [5.41, 5.74) is 1.43. The van der Waals surface area contributed by atoms with Gasteiger partial charge < -0.3 is 10.4 Å². The minimum absolute atomic E-state index is 0.155. The predicted molar refractivity (Wildman–Crippen MR) is 73.1 cm³/mol. The van der Waals surface area contributed by atoms with Gasteiger partial charge in [0.2, 0.25) is 0 Å². The topological polar surface area (TPSA) is 49.3 Å². The first kappa shape index (κ1) is 13.1. The Labute approximate surface area is 114 Å². The molecule has 2 aromatic rings. The van der Waals surface area contributed by atoms with E-state index in [0.29, 0.717) is 10.6 Å². The number of thiophene rings is 1. The maximum atomic E-state index is 11.9. The van der Waals surface area contributed by atoms with Crippen molar-refractivity contribution < 1.29 is 9.90 Å². The van der Waals surface area contributed by atoms with Crippen molar-refractivity contribution in [3.63, 3.8) is 0 Å². The molecule has 0 aliphatic carbocycles. The quantitative estimate of drug-likeness (QED) is 0.905. The van der Waals surface area contributed by atoms with E-state index in [1.54, 1.807) is 35.7 Å². The lowest BCUT2D eigenvalue weighted by Gasteiger charge is -2.16. The van der Waals surface area contributed by atoms with Crippen LogP contribution in [0.15, 0.2) is 41.1 Å². The highest BCUT2D eigenvalue weighted by molar-refractivity contribution is 7.08. The van der Waals surface area contributed by atoms with Gasteiger partial charge in [0.1, 0.15) is 0 Å². The third-order valence-corrected chi connectivity index (χ3v) is 3.48. The SMILES string of the molecule is O=C(NC(CO)c1ccc(Cl)cc1)c1ccsc1. The highest BCUT2D eigenvalue weighted by Crippen LogP contribution is 2.17. The third kappa shape index (κ3) is 3.10. The average Bonchev–Trinajstić information content (AvgIpc) is 2.91. The lowest BCUT2D eigenvalue weighted by Crippen LogP contribution is -2.30. The van der Waals surface area contributed by atoms with Crippen LogP contribution in [0.4, 0.5) is 0 Å². The van der Waals surface area contributed by atoms with E-state index in [9.17, 15) is 9.90 Å². The Bertz CT molecular complexity index is 510. The Morgan fingerprint density at radius 3 is 2.61 bits per heavy atom. The molecule has 1 unspecified atom stereocenters. The van der Waals surface area contributed by atoms with Crippen molar-refractivity contribution in [2.24, 2.45) is 0 Å². The molecule has 1 amide bonds. The highest BCUT2D eigenvalue weighted by Gasteiger charge is 2.14. The van der Waals surface area contributed by atoms with Gasteiger partial charge in [-0.25, -0.2) is 0 Å². The van der Waals surface area contributed by atoms with Crippen LogP contribution in [0.3, 0.4) is 0 Å². The molecule has 0 aliphatic heterocycles. The maximum absolute atomic E-state index is 11.9. The fraction of sp³-hybridized carbons (Fsp3) is 0.154. The summed E-state index contributed by atoms with van der Waals surface area (Å²) in [6.45, 7) is -0.155. The van der Waals surface area contributed by atoms with E-state index < -0.39 is 6.04 Å². The number of aliphatic hydroxyl groups excluding tert-OH is 1. The number of hydrogen-bond donors (Lipinski definition) is 2. The summed E-state index contributed by atoms with van der Waals surface area (Å²) in [5.74, 6) is -0.190. The van der Waals surface area contributed by atoms with E-state index >= 15 is 0 Å². The monoisotopic (exact) mass is 281 g/mol. The minimum Gasteiger partial charge on any atom is -0.394 e. The van der Waals surface area contributed by atoms with Crippen LogP contribution in [-0.4, -0.2) is 17.6 Å². The van der Waals surface area contributed by atoms with Gasteiger partial charge >= 0.3 is 0 Å². The van der Waals surface area contributed by atoms with Crippen LogP contribution in [0.2, 0.25) is 5.02 Å². The molecule has 1 aromatic heterocycles. The number of amides is 1. The van der Waals surface area contributed by atoms with Crippen molar-refractivity contribution in [2.45, 2.75) is 6.04 Å². The Morgan fingerprint density at radius 2 is 2.06 bits per heavy atom. The molecule has 94 valence electrons. The van der Waals surface area contributed by atoms with Crippen LogP contribution >= 0.6 is 22.9 Å². The zero-order chi connectivity index (χ0) is 13.0. The van der Waals surface area contributed by atoms with Crippen LogP contribution in [-0.2, 0) is 0 Å². The molecule has 2 rings (SSSR count). The molecule has 1 atom stereocenters. The fourth-order valence-corrected chi connectivity index (χ4v) is 2.33. The number of nitrogens with one attached hydrogen (secondary N) is 1. The van der Waals surface area contributed by atoms with Crippen molar-refractivity contribution in [3.05, 3.63) is 57.2 Å². The number of carbonyl (C=O) groups is 1. The average molecular weight is 282 g/mol. The number of benzene rings is 1. The molecular weight excluding hydrogens is 270 g/mol. The van der Waals surface area contributed by atoms with Gasteiger partial charge in [-0.15, -0.1) is 0 Å². The molecular formula is C13H12ClNO2S. The first-order chi connectivity index (χ1) is 8.70. The van der Waals surface area contributed by atoms with Crippen molar-refractivity contribution in [1.82, 2.24) is 5.32 Å². The van der Waals surface area contributed by atoms with Gasteiger partial charge in [0.25, 0.3) is 5.91 Å². The fourth-order valence-electron chi connectivity index (χ4n) is 1.56. The summed E-state index contributed by atoms with van der Waals surface area (Å²) >= 11 is 7.26. The van der Waals surface area contributed by atoms with E-state index in [2.05, 4.69) is 5.32 Å². The lowest BCUT2D eigenvalue weighted by molar-refractivity contribution is 0.0916. The number of hydrogen-bond acceptors (Lipinski definition) is 3. The van der Waals surface area contributed by atoms with Gasteiger partial charge in [0, 0.05) is 10.4 Å². The molecule has 0 fully saturated rings. The Hall–Kier alpha value is -1.36. The molecule has 18 heavy (non-hydrogen) atoms. The van der Waals surface area contributed by atoms with Gasteiger partial charge in [-0.3, -0.25) is 4.79 Å². The minimum atomic E-state index is -0.422. The first-order valence-electron chi connectivity index (χ1n) is 5.40. The number of aliphatic hydroxyl groups is 1. The van der Waals surface area contributed by atoms with Gasteiger partial charge in [0.15, 0.2) is 0 Å². The second-order valence-electron chi connectivity index (χ2n) is 3.77. The second kappa shape index (κ2) is 6.00. The molecule has 0 aliphatic rings. The molecule has 3 nitrogen and oxygen atoms in total. The van der Waals surface area contributed by atoms with Gasteiger partial charge in [-0.1, -0.05) is 23.7 Å². The van der Waals surface area contributed by atoms with Gasteiger partial charge in [0.05, 0.1) is 18.2 Å². The smallest absolute Gasteiger partial charge is 0.252 e. The third-order valence-electron chi connectivity index (χ3n) is 2.54. The van der Waals surface area contributed by atoms with E-state index in [4.69, 9.17) is 11.6 Å². The highest BCUT2D eigenvalue weighted by atomic mass is 35.5. The van der Waals surface area contributed by atoms with Gasteiger partial charge in [-0.2, -0.15) is 11.3 Å². The van der Waals surface area contributed by atoms with E-state index in [1.807, 2.05) is 5.38 Å². The van der Waals surface area contributed by atoms with Crippen molar-refractivity contribution in [1.29, 1.82) is 0 Å². The molecule has 1 heterocycles. The largest absolute Gasteiger partial charge is 0.394 e. The van der Waals surface area contributed by atoms with E-state index in [-0.39, 0.29) is 12.5 Å². The van der Waals surface area contributed by atoms with Crippen LogP contribution in [0.1, 0.15) is 22.0 Å². The predicted octanol–water partition coefficient (Wildman–Crippen LogP) is 2.86. The number of rotatable bonds is 4. The Morgan fingerprint density at radius 1 is 1.33 bits per heavy atom. The summed E-state index contributed by atoms with van der Waals surface area (Å²) in [6.07, 6.45) is 0. The van der Waals surface area contributed by atoms with Crippen LogP contribution < -0.4 is 5.32 Å². The van der Waals surface area contributed by atoms with Crippen molar-refractivity contribution in [2.75, 3.05) is 6.61 Å². The van der Waals surface area contributed by atoms with Crippen molar-refractivity contribution in [3.8, 4) is 0 Å². The lowest BCUT2D eigenvalue weighted by atomic mass is 10.1. The Balaban J connectivity index is 2.10. The maximum Gasteiger partial charge on any atom is 0.252 e. The van der Waals surface area contributed by atoms with Crippen LogP contribution in [0.25, 0.3) is 0 Å². The first-order valence-corrected chi connectivity index (χ1v) is 6.72. The summed E-state index contributed by atoms with van der Waals surface area (Å²) in [7, 11) is 0. The standard InChI is InChI=1S/C13H12ClNO2S/c14-11-3-1-9(2-4-11)12(7-16)15-13(17)10-5-6-18-8-10/h1-6,8,12,16H,7H2,(H,15,17). The van der Waals surface area contributed by atoms with Gasteiger partial charge in [-0.05, 0) is 29.1 Å². The molecule has 0 saturated carbocycles. The number of carbonyl (C=O) groups excluding carboxylic acids is 1. The zero-order valence-corrected chi connectivity index (χ0v) is 11.0. The normalized spacial score (nSPS) is 12.1. The number of halogens is 1. The summed E-state index contributed by atoms with van der Waals surface area (Å²) in [5, 5.41) is 16.4. The van der Waals surface area contributed by atoms with Crippen LogP contribution in [0.5, 0.6) is 0 Å². The molecule has 5 heteroatoms. The summed E-state index contributed by atoms with van der Waals surface area (Å²) in [6, 6.07) is 8.37. The molecule has 2 N–H and O–H groups in total. The van der Waals surface area contributed by atoms with E-state index in [0.717, 1.165) is 5.56 Å². The molecule has 0 radical (unpaired) electrons. The molecule has 1 aromatic carbocycles. The zero-order valence-electron chi connectivity index (χ0n) is 9.47. The van der Waals surface area contributed by atoms with Crippen molar-refractivity contribution >= 4 is 28.8 Å². The Kier molecular flexibility index (Phi) is 4.36. The van der Waals surface area contributed by atoms with Crippen LogP contribution in [0, 0.1) is 0 Å². The summed E-state index contributed by atoms with van der Waals surface area (Å²) in [4.78, 5) is 11.9. The second-order valence-corrected chi connectivity index (χ2v) is 4.99. The molecule has 0 saturated heterocycles. The summed E-state index contributed by atoms with van der Waals surface area (Å²) < 4.78 is 0. The van der Waals surface area contributed by atoms with E-state index in [1.165, 1.54) is 11.3 Å².